The lowest BCUT2D eigenvalue weighted by molar-refractivity contribution is 0.0269. The van der Waals surface area contributed by atoms with Crippen LogP contribution in [0.4, 0.5) is 17.5 Å². The Bertz CT molecular complexity index is 1220. The van der Waals surface area contributed by atoms with Crippen LogP contribution in [0.5, 0.6) is 0 Å². The normalized spacial score (nSPS) is 25.0. The SMILES string of the molecule is COC1CCC2(CC1)CNC(=O)c1cc3cnc(Nc4ccc(N5CCN(C)CC5)cn4)nc3n12. The Morgan fingerprint density at radius 3 is 2.63 bits per heavy atom. The number of aromatic nitrogens is 4. The van der Waals surface area contributed by atoms with Crippen LogP contribution in [-0.2, 0) is 10.3 Å². The van der Waals surface area contributed by atoms with Gasteiger partial charge in [-0.15, -0.1) is 0 Å². The second-order valence-electron chi connectivity index (χ2n) is 10.00. The first kappa shape index (κ1) is 22.2. The van der Waals surface area contributed by atoms with Gasteiger partial charge in [0.15, 0.2) is 0 Å². The summed E-state index contributed by atoms with van der Waals surface area (Å²) in [6, 6.07) is 5.96. The van der Waals surface area contributed by atoms with E-state index >= 15 is 0 Å². The third kappa shape index (κ3) is 4.00. The number of carbonyl (C=O) groups is 1. The highest BCUT2D eigenvalue weighted by Crippen LogP contribution is 2.41. The molecule has 1 saturated carbocycles. The van der Waals surface area contributed by atoms with E-state index in [2.05, 4.69) is 48.1 Å². The molecule has 0 aromatic carbocycles. The minimum absolute atomic E-state index is 0.0573. The van der Waals surface area contributed by atoms with Crippen molar-refractivity contribution >= 4 is 34.4 Å². The molecule has 1 aliphatic carbocycles. The fraction of sp³-hybridized carbons (Fsp3) is 0.520. The highest BCUT2D eigenvalue weighted by Gasteiger charge is 2.43. The summed E-state index contributed by atoms with van der Waals surface area (Å²) in [6.07, 6.45) is 7.76. The second-order valence-corrected chi connectivity index (χ2v) is 10.00. The Hall–Kier alpha value is -3.24. The Balaban J connectivity index is 1.27. The minimum atomic E-state index is -0.186. The molecule has 1 amide bonds. The maximum atomic E-state index is 12.7. The van der Waals surface area contributed by atoms with Crippen LogP contribution in [0, 0.1) is 0 Å². The predicted molar refractivity (Wildman–Crippen MR) is 134 cm³/mol. The van der Waals surface area contributed by atoms with E-state index in [-0.39, 0.29) is 17.6 Å². The molecule has 10 nitrogen and oxygen atoms in total. The number of rotatable bonds is 4. The molecular formula is C25H32N8O2. The summed E-state index contributed by atoms with van der Waals surface area (Å²) in [5.41, 5.74) is 2.38. The Morgan fingerprint density at radius 1 is 1.11 bits per heavy atom. The molecule has 3 aromatic heterocycles. The van der Waals surface area contributed by atoms with Crippen molar-refractivity contribution in [3.63, 3.8) is 0 Å². The maximum absolute atomic E-state index is 12.7. The molecule has 6 rings (SSSR count). The van der Waals surface area contributed by atoms with Crippen molar-refractivity contribution in [3.05, 3.63) is 36.3 Å². The van der Waals surface area contributed by atoms with Crippen LogP contribution >= 0.6 is 0 Å². The molecule has 0 atom stereocenters. The largest absolute Gasteiger partial charge is 0.381 e. The van der Waals surface area contributed by atoms with Gasteiger partial charge in [0.2, 0.25) is 5.95 Å². The molecule has 5 heterocycles. The third-order valence-corrected chi connectivity index (χ3v) is 7.88. The predicted octanol–water partition coefficient (Wildman–Crippen LogP) is 2.35. The Kier molecular flexibility index (Phi) is 5.57. The molecule has 1 saturated heterocycles. The van der Waals surface area contributed by atoms with E-state index in [1.165, 1.54) is 0 Å². The quantitative estimate of drug-likeness (QED) is 0.592. The molecule has 0 unspecified atom stereocenters. The Morgan fingerprint density at radius 2 is 1.91 bits per heavy atom. The molecule has 1 spiro atoms. The number of pyridine rings is 1. The van der Waals surface area contributed by atoms with E-state index in [0.717, 1.165) is 68.6 Å². The molecule has 2 fully saturated rings. The number of methoxy groups -OCH3 is 1. The first-order chi connectivity index (χ1) is 17.0. The van der Waals surface area contributed by atoms with Crippen molar-refractivity contribution < 1.29 is 9.53 Å². The monoisotopic (exact) mass is 476 g/mol. The van der Waals surface area contributed by atoms with Crippen LogP contribution in [-0.4, -0.2) is 83.3 Å². The topological polar surface area (TPSA) is 100 Å². The fourth-order valence-electron chi connectivity index (χ4n) is 5.70. The summed E-state index contributed by atoms with van der Waals surface area (Å²) in [4.78, 5) is 31.4. The number of carbonyl (C=O) groups excluding carboxylic acids is 1. The average molecular weight is 477 g/mol. The summed E-state index contributed by atoms with van der Waals surface area (Å²) >= 11 is 0. The number of hydrogen-bond acceptors (Lipinski definition) is 8. The molecule has 2 N–H and O–H groups in total. The number of likely N-dealkylation sites (N-methyl/N-ethyl adjacent to an activating group) is 1. The molecule has 0 bridgehead atoms. The fourth-order valence-corrected chi connectivity index (χ4v) is 5.70. The zero-order valence-corrected chi connectivity index (χ0v) is 20.3. The lowest BCUT2D eigenvalue weighted by Crippen LogP contribution is -2.53. The number of anilines is 3. The van der Waals surface area contributed by atoms with E-state index in [9.17, 15) is 4.79 Å². The number of nitrogens with zero attached hydrogens (tertiary/aromatic N) is 6. The van der Waals surface area contributed by atoms with Crippen LogP contribution < -0.4 is 15.5 Å². The van der Waals surface area contributed by atoms with Crippen molar-refractivity contribution in [3.8, 4) is 0 Å². The van der Waals surface area contributed by atoms with Gasteiger partial charge >= 0.3 is 0 Å². The highest BCUT2D eigenvalue weighted by molar-refractivity contribution is 5.99. The molecule has 10 heteroatoms. The van der Waals surface area contributed by atoms with Crippen LogP contribution in [0.15, 0.2) is 30.6 Å². The van der Waals surface area contributed by atoms with Gasteiger partial charge in [0.25, 0.3) is 5.91 Å². The summed E-state index contributed by atoms with van der Waals surface area (Å²) in [5.74, 6) is 1.11. The number of fused-ring (bicyclic) bond motifs is 4. The number of ether oxygens (including phenoxy) is 1. The molecule has 0 radical (unpaired) electrons. The zero-order chi connectivity index (χ0) is 24.0. The maximum Gasteiger partial charge on any atom is 0.268 e. The van der Waals surface area contributed by atoms with E-state index in [4.69, 9.17) is 9.72 Å². The van der Waals surface area contributed by atoms with Crippen molar-refractivity contribution in [2.75, 3.05) is 57.1 Å². The van der Waals surface area contributed by atoms with Crippen LogP contribution in [0.25, 0.3) is 11.0 Å². The van der Waals surface area contributed by atoms with Crippen molar-refractivity contribution in [2.24, 2.45) is 0 Å². The number of piperazine rings is 1. The number of amides is 1. The van der Waals surface area contributed by atoms with Crippen LogP contribution in [0.2, 0.25) is 0 Å². The van der Waals surface area contributed by atoms with E-state index < -0.39 is 0 Å². The number of nitrogens with one attached hydrogen (secondary N) is 2. The lowest BCUT2D eigenvalue weighted by Gasteiger charge is -2.44. The average Bonchev–Trinajstić information content (AvgIpc) is 3.29. The van der Waals surface area contributed by atoms with Crippen LogP contribution in [0.3, 0.4) is 0 Å². The van der Waals surface area contributed by atoms with E-state index in [1.807, 2.05) is 18.3 Å². The van der Waals surface area contributed by atoms with Crippen molar-refractivity contribution in [1.29, 1.82) is 0 Å². The second kappa shape index (κ2) is 8.76. The van der Waals surface area contributed by atoms with Gasteiger partial charge in [-0.2, -0.15) is 4.98 Å². The standard InChI is InChI=1S/C25H32N8O2/c1-31-9-11-32(12-10-31)18-3-4-21(26-15-18)29-24-27-14-17-13-20-23(34)28-16-25(33(20)22(17)30-24)7-5-19(35-2)6-8-25/h3-4,13-15,19H,5-12,16H2,1-2H3,(H,28,34)(H,26,27,29,30). The summed E-state index contributed by atoms with van der Waals surface area (Å²) in [6.45, 7) is 4.73. The molecule has 3 aliphatic rings. The van der Waals surface area contributed by atoms with Gasteiger partial charge < -0.3 is 29.7 Å². The first-order valence-corrected chi connectivity index (χ1v) is 12.4. The molecular weight excluding hydrogens is 444 g/mol. The van der Waals surface area contributed by atoms with Gasteiger partial charge in [-0.3, -0.25) is 4.79 Å². The van der Waals surface area contributed by atoms with Gasteiger partial charge in [0, 0.05) is 51.4 Å². The molecule has 35 heavy (non-hydrogen) atoms. The van der Waals surface area contributed by atoms with E-state index in [1.54, 1.807) is 13.3 Å². The van der Waals surface area contributed by atoms with Gasteiger partial charge in [-0.1, -0.05) is 0 Å². The molecule has 3 aromatic rings. The smallest absolute Gasteiger partial charge is 0.268 e. The van der Waals surface area contributed by atoms with Gasteiger partial charge in [0.05, 0.1) is 23.5 Å². The van der Waals surface area contributed by atoms with Gasteiger partial charge in [-0.05, 0) is 50.9 Å². The summed E-state index contributed by atoms with van der Waals surface area (Å²) in [7, 11) is 3.93. The summed E-state index contributed by atoms with van der Waals surface area (Å²) < 4.78 is 7.75. The third-order valence-electron chi connectivity index (χ3n) is 7.88. The first-order valence-electron chi connectivity index (χ1n) is 12.4. The summed E-state index contributed by atoms with van der Waals surface area (Å²) in [5, 5.41) is 7.22. The van der Waals surface area contributed by atoms with Crippen molar-refractivity contribution in [1.82, 2.24) is 29.7 Å². The van der Waals surface area contributed by atoms with Crippen molar-refractivity contribution in [2.45, 2.75) is 37.3 Å². The molecule has 184 valence electrons. The Labute approximate surface area is 204 Å². The zero-order valence-electron chi connectivity index (χ0n) is 20.3. The van der Waals surface area contributed by atoms with Crippen LogP contribution in [0.1, 0.15) is 36.2 Å². The van der Waals surface area contributed by atoms with E-state index in [0.29, 0.717) is 24.0 Å². The lowest BCUT2D eigenvalue weighted by atomic mass is 9.79. The minimum Gasteiger partial charge on any atom is -0.381 e. The highest BCUT2D eigenvalue weighted by atomic mass is 16.5. The molecule has 2 aliphatic heterocycles. The van der Waals surface area contributed by atoms with Gasteiger partial charge in [0.1, 0.15) is 17.2 Å². The van der Waals surface area contributed by atoms with Gasteiger partial charge in [-0.25, -0.2) is 9.97 Å². The number of hydrogen-bond donors (Lipinski definition) is 2.